The van der Waals surface area contributed by atoms with Gasteiger partial charge in [0, 0.05) is 18.2 Å². The summed E-state index contributed by atoms with van der Waals surface area (Å²) < 4.78 is 5.48. The van der Waals surface area contributed by atoms with E-state index in [9.17, 15) is 10.2 Å². The molecule has 94 valence electrons. The predicted octanol–water partition coefficient (Wildman–Crippen LogP) is 1.58. The van der Waals surface area contributed by atoms with Crippen LogP contribution in [0.1, 0.15) is 31.4 Å². The van der Waals surface area contributed by atoms with Crippen molar-refractivity contribution in [1.29, 1.82) is 0 Å². The maximum absolute atomic E-state index is 9.66. The number of nitrogens with one attached hydrogen (secondary N) is 1. The summed E-state index contributed by atoms with van der Waals surface area (Å²) in [5.41, 5.74) is 1.05. The molecule has 4 nitrogen and oxygen atoms in total. The number of phenolic OH excluding ortho intramolecular Hbond substituents is 1. The van der Waals surface area contributed by atoms with E-state index in [1.165, 1.54) is 0 Å². The molecule has 1 aromatic carbocycles. The second-order valence-electron chi connectivity index (χ2n) is 4.44. The molecule has 2 rings (SSSR count). The van der Waals surface area contributed by atoms with Gasteiger partial charge in [-0.15, -0.1) is 0 Å². The first-order valence-corrected chi connectivity index (χ1v) is 6.08. The van der Waals surface area contributed by atoms with Gasteiger partial charge in [0.25, 0.3) is 0 Å². The number of aromatic hydroxyl groups is 1. The van der Waals surface area contributed by atoms with Crippen molar-refractivity contribution in [1.82, 2.24) is 5.32 Å². The van der Waals surface area contributed by atoms with Gasteiger partial charge in [-0.05, 0) is 18.6 Å². The maximum Gasteiger partial charge on any atom is 0.127 e. The van der Waals surface area contributed by atoms with Crippen molar-refractivity contribution in [3.63, 3.8) is 0 Å². The van der Waals surface area contributed by atoms with E-state index in [0.29, 0.717) is 13.2 Å². The molecule has 0 spiro atoms. The zero-order valence-corrected chi connectivity index (χ0v) is 10.0. The number of fused-ring (bicyclic) bond motifs is 1. The molecule has 17 heavy (non-hydrogen) atoms. The Bertz CT molecular complexity index is 381. The fraction of sp³-hybridized carbons (Fsp3) is 0.538. The van der Waals surface area contributed by atoms with Gasteiger partial charge in [-0.3, -0.25) is 0 Å². The van der Waals surface area contributed by atoms with E-state index in [1.807, 2.05) is 6.07 Å². The van der Waals surface area contributed by atoms with Gasteiger partial charge in [0.05, 0.1) is 12.1 Å². The SMILES string of the molecule is CCCC(O)CNC1COc2cc(O)ccc21. The van der Waals surface area contributed by atoms with E-state index in [4.69, 9.17) is 4.74 Å². The zero-order valence-electron chi connectivity index (χ0n) is 10.0. The lowest BCUT2D eigenvalue weighted by Crippen LogP contribution is -2.31. The summed E-state index contributed by atoms with van der Waals surface area (Å²) in [6.07, 6.45) is 1.48. The van der Waals surface area contributed by atoms with E-state index in [0.717, 1.165) is 24.2 Å². The van der Waals surface area contributed by atoms with Crippen LogP contribution >= 0.6 is 0 Å². The highest BCUT2D eigenvalue weighted by atomic mass is 16.5. The van der Waals surface area contributed by atoms with Crippen molar-refractivity contribution in [2.45, 2.75) is 31.9 Å². The topological polar surface area (TPSA) is 61.7 Å². The molecule has 0 radical (unpaired) electrons. The van der Waals surface area contributed by atoms with Crippen LogP contribution in [0.5, 0.6) is 11.5 Å². The highest BCUT2D eigenvalue weighted by molar-refractivity contribution is 5.44. The Morgan fingerprint density at radius 2 is 2.35 bits per heavy atom. The lowest BCUT2D eigenvalue weighted by Gasteiger charge is -2.15. The van der Waals surface area contributed by atoms with Crippen LogP contribution in [0.15, 0.2) is 18.2 Å². The lowest BCUT2D eigenvalue weighted by molar-refractivity contribution is 0.153. The summed E-state index contributed by atoms with van der Waals surface area (Å²) in [5.74, 6) is 0.947. The minimum Gasteiger partial charge on any atom is -0.508 e. The molecule has 0 amide bonds. The molecule has 3 N–H and O–H groups in total. The molecular formula is C13H19NO3. The fourth-order valence-corrected chi connectivity index (χ4v) is 2.08. The molecule has 0 bridgehead atoms. The molecule has 0 fully saturated rings. The Labute approximate surface area is 101 Å². The number of hydrogen-bond donors (Lipinski definition) is 3. The molecule has 4 heteroatoms. The number of rotatable bonds is 5. The second-order valence-corrected chi connectivity index (χ2v) is 4.44. The van der Waals surface area contributed by atoms with Gasteiger partial charge in [-0.2, -0.15) is 0 Å². The van der Waals surface area contributed by atoms with E-state index < -0.39 is 0 Å². The Kier molecular flexibility index (Phi) is 3.86. The van der Waals surface area contributed by atoms with Gasteiger partial charge < -0.3 is 20.3 Å². The van der Waals surface area contributed by atoms with Gasteiger partial charge in [0.1, 0.15) is 18.1 Å². The minimum atomic E-state index is -0.304. The van der Waals surface area contributed by atoms with E-state index in [2.05, 4.69) is 12.2 Å². The molecule has 1 aliphatic rings. The molecule has 1 aromatic rings. The summed E-state index contributed by atoms with van der Waals surface area (Å²) in [7, 11) is 0. The van der Waals surface area contributed by atoms with Crippen LogP contribution in [-0.4, -0.2) is 29.5 Å². The van der Waals surface area contributed by atoms with Crippen LogP contribution in [0, 0.1) is 0 Å². The Hall–Kier alpha value is -1.26. The smallest absolute Gasteiger partial charge is 0.127 e. The summed E-state index contributed by atoms with van der Waals surface area (Å²) in [6.45, 7) is 3.18. The van der Waals surface area contributed by atoms with Crippen LogP contribution in [0.4, 0.5) is 0 Å². The summed E-state index contributed by atoms with van der Waals surface area (Å²) in [5, 5.41) is 22.3. The standard InChI is InChI=1S/C13H19NO3/c1-2-3-10(16)7-14-12-8-17-13-6-9(15)4-5-11(12)13/h4-6,10,12,14-16H,2-3,7-8H2,1H3. The molecule has 1 aliphatic heterocycles. The van der Waals surface area contributed by atoms with Gasteiger partial charge in [0.2, 0.25) is 0 Å². The quantitative estimate of drug-likeness (QED) is 0.727. The van der Waals surface area contributed by atoms with Gasteiger partial charge in [0.15, 0.2) is 0 Å². The summed E-state index contributed by atoms with van der Waals surface area (Å²) >= 11 is 0. The predicted molar refractivity (Wildman–Crippen MR) is 65.3 cm³/mol. The number of hydrogen-bond acceptors (Lipinski definition) is 4. The monoisotopic (exact) mass is 237 g/mol. The van der Waals surface area contributed by atoms with Crippen LogP contribution in [-0.2, 0) is 0 Å². The van der Waals surface area contributed by atoms with Crippen molar-refractivity contribution in [2.24, 2.45) is 0 Å². The van der Waals surface area contributed by atoms with Crippen LogP contribution in [0.25, 0.3) is 0 Å². The van der Waals surface area contributed by atoms with Gasteiger partial charge in [-0.25, -0.2) is 0 Å². The molecule has 2 atom stereocenters. The molecule has 2 unspecified atom stereocenters. The molecule has 1 heterocycles. The van der Waals surface area contributed by atoms with Crippen molar-refractivity contribution in [2.75, 3.05) is 13.2 Å². The van der Waals surface area contributed by atoms with Gasteiger partial charge >= 0.3 is 0 Å². The molecule has 0 aliphatic carbocycles. The first kappa shape index (κ1) is 12.2. The molecule has 0 saturated carbocycles. The highest BCUT2D eigenvalue weighted by Gasteiger charge is 2.24. The molecule has 0 aromatic heterocycles. The number of aliphatic hydroxyl groups excluding tert-OH is 1. The number of phenols is 1. The number of aliphatic hydroxyl groups is 1. The minimum absolute atomic E-state index is 0.108. The van der Waals surface area contributed by atoms with Crippen LogP contribution < -0.4 is 10.1 Å². The number of ether oxygens (including phenoxy) is 1. The highest BCUT2D eigenvalue weighted by Crippen LogP contribution is 2.34. The van der Waals surface area contributed by atoms with E-state index >= 15 is 0 Å². The first-order valence-electron chi connectivity index (χ1n) is 6.08. The fourth-order valence-electron chi connectivity index (χ4n) is 2.08. The average Bonchev–Trinajstić information content (AvgIpc) is 2.69. The van der Waals surface area contributed by atoms with Crippen molar-refractivity contribution in [3.8, 4) is 11.5 Å². The third kappa shape index (κ3) is 2.90. The van der Waals surface area contributed by atoms with Crippen LogP contribution in [0.3, 0.4) is 0 Å². The normalized spacial score (nSPS) is 19.8. The maximum atomic E-state index is 9.66. The summed E-state index contributed by atoms with van der Waals surface area (Å²) in [4.78, 5) is 0. The zero-order chi connectivity index (χ0) is 12.3. The van der Waals surface area contributed by atoms with Gasteiger partial charge in [-0.1, -0.05) is 13.3 Å². The first-order chi connectivity index (χ1) is 8.20. The van der Waals surface area contributed by atoms with Crippen LogP contribution in [0.2, 0.25) is 0 Å². The van der Waals surface area contributed by atoms with E-state index in [-0.39, 0.29) is 17.9 Å². The third-order valence-corrected chi connectivity index (χ3v) is 3.00. The Morgan fingerprint density at radius 1 is 1.53 bits per heavy atom. The van der Waals surface area contributed by atoms with Crippen molar-refractivity contribution < 1.29 is 14.9 Å². The van der Waals surface area contributed by atoms with Crippen molar-refractivity contribution >= 4 is 0 Å². The third-order valence-electron chi connectivity index (χ3n) is 3.00. The molecule has 0 saturated heterocycles. The summed E-state index contributed by atoms with van der Waals surface area (Å²) in [6, 6.07) is 5.25. The molecular weight excluding hydrogens is 218 g/mol. The van der Waals surface area contributed by atoms with E-state index in [1.54, 1.807) is 12.1 Å². The largest absolute Gasteiger partial charge is 0.508 e. The van der Waals surface area contributed by atoms with Crippen molar-refractivity contribution in [3.05, 3.63) is 23.8 Å². The second kappa shape index (κ2) is 5.38. The number of benzene rings is 1. The average molecular weight is 237 g/mol. The Morgan fingerprint density at radius 3 is 3.12 bits per heavy atom. The Balaban J connectivity index is 1.93. The lowest BCUT2D eigenvalue weighted by atomic mass is 10.1.